The van der Waals surface area contributed by atoms with E-state index in [2.05, 4.69) is 24.3 Å². The van der Waals surface area contributed by atoms with Crippen molar-refractivity contribution in [1.82, 2.24) is 0 Å². The van der Waals surface area contributed by atoms with Gasteiger partial charge in [0.05, 0.1) is 32.0 Å². The van der Waals surface area contributed by atoms with Crippen LogP contribution in [0.5, 0.6) is 0 Å². The van der Waals surface area contributed by atoms with Gasteiger partial charge in [0, 0.05) is 6.42 Å². The lowest BCUT2D eigenvalue weighted by molar-refractivity contribution is -0.288. The van der Waals surface area contributed by atoms with Gasteiger partial charge in [-0.1, -0.05) is 60.7 Å². The van der Waals surface area contributed by atoms with Crippen LogP contribution in [0.2, 0.25) is 0 Å². The lowest BCUT2D eigenvalue weighted by Gasteiger charge is -2.41. The Hall–Kier alpha value is -1.92. The highest BCUT2D eigenvalue weighted by molar-refractivity contribution is 5.14. The molecule has 0 saturated carbocycles. The van der Waals surface area contributed by atoms with Gasteiger partial charge in [-0.2, -0.15) is 0 Å². The summed E-state index contributed by atoms with van der Waals surface area (Å²) in [5.41, 5.74) is 2.20. The largest absolute Gasteiger partial charge is 0.371 e. The van der Waals surface area contributed by atoms with Crippen molar-refractivity contribution in [2.45, 2.75) is 121 Å². The Balaban J connectivity index is 1.11. The van der Waals surface area contributed by atoms with E-state index in [9.17, 15) is 0 Å². The Bertz CT molecular complexity index is 1130. The fourth-order valence-electron chi connectivity index (χ4n) is 6.09. The summed E-state index contributed by atoms with van der Waals surface area (Å²) in [7, 11) is 0. The van der Waals surface area contributed by atoms with Gasteiger partial charge in [-0.15, -0.1) is 0 Å². The quantitative estimate of drug-likeness (QED) is 0.426. The number of hydrogen-bond acceptors (Lipinski definition) is 9. The van der Waals surface area contributed by atoms with Gasteiger partial charge < -0.3 is 42.6 Å². The average molecular weight is 571 g/mol. The molecule has 41 heavy (non-hydrogen) atoms. The normalized spacial score (nSPS) is 37.4. The van der Waals surface area contributed by atoms with Crippen LogP contribution in [0.3, 0.4) is 0 Å². The zero-order valence-corrected chi connectivity index (χ0v) is 24.5. The van der Waals surface area contributed by atoms with Crippen LogP contribution in [0.4, 0.5) is 0 Å². The second-order valence-electron chi connectivity index (χ2n) is 12.1. The molecule has 0 spiro atoms. The molecular weight excluding hydrogens is 528 g/mol. The third-order valence-corrected chi connectivity index (χ3v) is 7.91. The lowest BCUT2D eigenvalue weighted by Crippen LogP contribution is -2.57. The van der Waals surface area contributed by atoms with Crippen LogP contribution in [0.1, 0.15) is 52.2 Å². The number of ether oxygens (including phenoxy) is 9. The number of benzene rings is 2. The number of hydrogen-bond donors (Lipinski definition) is 0. The molecule has 0 unspecified atom stereocenters. The molecule has 9 nitrogen and oxygen atoms in total. The molecule has 9 heteroatoms. The summed E-state index contributed by atoms with van der Waals surface area (Å²) in [5, 5.41) is 0. The van der Waals surface area contributed by atoms with Crippen molar-refractivity contribution >= 4 is 0 Å². The summed E-state index contributed by atoms with van der Waals surface area (Å²) in [6.45, 7) is 10.7. The van der Waals surface area contributed by atoms with Crippen molar-refractivity contribution in [3.63, 3.8) is 0 Å². The molecule has 6 rings (SSSR count). The van der Waals surface area contributed by atoms with Gasteiger partial charge in [0.25, 0.3) is 0 Å². The summed E-state index contributed by atoms with van der Waals surface area (Å²) in [6.07, 6.45) is -2.79. The van der Waals surface area contributed by atoms with Crippen LogP contribution in [-0.4, -0.2) is 73.5 Å². The molecule has 0 radical (unpaired) electrons. The molecule has 224 valence electrons. The fourth-order valence-corrected chi connectivity index (χ4v) is 6.09. The first kappa shape index (κ1) is 29.2. The Labute approximate surface area is 242 Å². The molecule has 4 heterocycles. The molecule has 0 aromatic heterocycles. The van der Waals surface area contributed by atoms with E-state index in [0.29, 0.717) is 19.6 Å². The van der Waals surface area contributed by atoms with E-state index in [4.69, 9.17) is 42.6 Å². The first-order valence-electron chi connectivity index (χ1n) is 14.6. The molecule has 0 amide bonds. The second kappa shape index (κ2) is 12.0. The maximum Gasteiger partial charge on any atom is 0.190 e. The Morgan fingerprint density at radius 2 is 1.27 bits per heavy atom. The van der Waals surface area contributed by atoms with Gasteiger partial charge in [0.15, 0.2) is 24.2 Å². The highest BCUT2D eigenvalue weighted by Crippen LogP contribution is 2.44. The molecule has 2 aromatic carbocycles. The zero-order valence-electron chi connectivity index (χ0n) is 24.5. The summed E-state index contributed by atoms with van der Waals surface area (Å²) in [4.78, 5) is 0. The van der Waals surface area contributed by atoms with Gasteiger partial charge >= 0.3 is 0 Å². The summed E-state index contributed by atoms with van der Waals surface area (Å²) >= 11 is 0. The van der Waals surface area contributed by atoms with Gasteiger partial charge in [-0.25, -0.2) is 0 Å². The van der Waals surface area contributed by atoms with Crippen LogP contribution in [0, 0.1) is 0 Å². The fraction of sp³-hybridized carbons (Fsp3) is 0.625. The van der Waals surface area contributed by atoms with E-state index in [-0.39, 0.29) is 43.2 Å². The highest BCUT2D eigenvalue weighted by atomic mass is 16.9. The standard InChI is InChI=1S/C32H42O9/c1-20-26(35-18-22-14-10-7-11-15-22)23(33-17-21-12-8-6-9-13-21)16-25(36-20)34-19-24-27-28(39-31(2,3)38-27)29-30(37-24)41-32(4,5)40-29/h6-15,20,23-30H,16-19H2,1-5H3/t20-,23-,24+,25-,26-,27-,28-,29+,30+/m0/s1. The Kier molecular flexibility index (Phi) is 8.53. The molecule has 4 aliphatic heterocycles. The van der Waals surface area contributed by atoms with Crippen molar-refractivity contribution in [3.8, 4) is 0 Å². The number of rotatable bonds is 9. The predicted octanol–water partition coefficient (Wildman–Crippen LogP) is 4.71. The van der Waals surface area contributed by atoms with Crippen LogP contribution in [-0.2, 0) is 55.8 Å². The van der Waals surface area contributed by atoms with Gasteiger partial charge in [0.1, 0.15) is 30.5 Å². The summed E-state index contributed by atoms with van der Waals surface area (Å²) in [5.74, 6) is -1.54. The van der Waals surface area contributed by atoms with Gasteiger partial charge in [-0.3, -0.25) is 0 Å². The molecular formula is C32H42O9. The van der Waals surface area contributed by atoms with Crippen molar-refractivity contribution < 1.29 is 42.6 Å². The van der Waals surface area contributed by atoms with E-state index < -0.39 is 30.3 Å². The molecule has 4 fully saturated rings. The third-order valence-electron chi connectivity index (χ3n) is 7.91. The van der Waals surface area contributed by atoms with E-state index in [1.54, 1.807) is 0 Å². The Morgan fingerprint density at radius 3 is 1.95 bits per heavy atom. The first-order chi connectivity index (χ1) is 19.7. The summed E-state index contributed by atoms with van der Waals surface area (Å²) in [6, 6.07) is 20.3. The molecule has 9 atom stereocenters. The van der Waals surface area contributed by atoms with Crippen LogP contribution < -0.4 is 0 Å². The van der Waals surface area contributed by atoms with Gasteiger partial charge in [0.2, 0.25) is 0 Å². The minimum absolute atomic E-state index is 0.227. The predicted molar refractivity (Wildman–Crippen MR) is 147 cm³/mol. The molecule has 0 N–H and O–H groups in total. The number of fused-ring (bicyclic) bond motifs is 3. The van der Waals surface area contributed by atoms with Gasteiger partial charge in [-0.05, 0) is 45.7 Å². The second-order valence-corrected chi connectivity index (χ2v) is 12.1. The van der Waals surface area contributed by atoms with Crippen molar-refractivity contribution in [2.24, 2.45) is 0 Å². The topological polar surface area (TPSA) is 83.1 Å². The molecule has 0 aliphatic carbocycles. The van der Waals surface area contributed by atoms with E-state index >= 15 is 0 Å². The maximum absolute atomic E-state index is 6.44. The summed E-state index contributed by atoms with van der Waals surface area (Å²) < 4.78 is 56.4. The third kappa shape index (κ3) is 6.85. The average Bonchev–Trinajstić information content (AvgIpc) is 3.44. The van der Waals surface area contributed by atoms with Crippen molar-refractivity contribution in [3.05, 3.63) is 71.8 Å². The maximum atomic E-state index is 6.44. The molecule has 0 bridgehead atoms. The molecule has 4 aliphatic rings. The minimum atomic E-state index is -0.772. The monoisotopic (exact) mass is 570 g/mol. The zero-order chi connectivity index (χ0) is 28.6. The van der Waals surface area contributed by atoms with E-state index in [0.717, 1.165) is 11.1 Å². The van der Waals surface area contributed by atoms with Crippen LogP contribution in [0.15, 0.2) is 60.7 Å². The van der Waals surface area contributed by atoms with Crippen LogP contribution >= 0.6 is 0 Å². The lowest BCUT2D eigenvalue weighted by atomic mass is 9.99. The van der Waals surface area contributed by atoms with Crippen molar-refractivity contribution in [2.75, 3.05) is 6.61 Å². The minimum Gasteiger partial charge on any atom is -0.371 e. The van der Waals surface area contributed by atoms with Crippen LogP contribution in [0.25, 0.3) is 0 Å². The SMILES string of the molecule is C[C@@H]1O[C@H](OC[C@H]2O[C@@H]3OC(C)(C)O[C@@H]3[C@H]3OC(C)(C)O[C@H]32)C[C@H](OCc2ccccc2)[C@H]1OCc1ccccc1. The smallest absolute Gasteiger partial charge is 0.190 e. The molecule has 4 saturated heterocycles. The highest BCUT2D eigenvalue weighted by Gasteiger charge is 2.60. The van der Waals surface area contributed by atoms with E-state index in [1.165, 1.54) is 0 Å². The first-order valence-corrected chi connectivity index (χ1v) is 14.6. The van der Waals surface area contributed by atoms with E-state index in [1.807, 2.05) is 71.0 Å². The van der Waals surface area contributed by atoms with Crippen molar-refractivity contribution in [1.29, 1.82) is 0 Å². The molecule has 2 aromatic rings. The Morgan fingerprint density at radius 1 is 0.683 bits per heavy atom.